The molecule has 5 heteroatoms. The van der Waals surface area contributed by atoms with Gasteiger partial charge < -0.3 is 20.4 Å². The van der Waals surface area contributed by atoms with Gasteiger partial charge in [-0.15, -0.1) is 0 Å². The van der Waals surface area contributed by atoms with E-state index < -0.39 is 0 Å². The summed E-state index contributed by atoms with van der Waals surface area (Å²) >= 11 is 0. The number of hydrogen-bond acceptors (Lipinski definition) is 3. The average Bonchev–Trinajstić information content (AvgIpc) is 3.10. The number of nitrogens with one attached hydrogen (secondary N) is 1. The second kappa shape index (κ2) is 5.55. The van der Waals surface area contributed by atoms with E-state index in [1.54, 1.807) is 0 Å². The van der Waals surface area contributed by atoms with Crippen molar-refractivity contribution in [3.05, 3.63) is 23.4 Å². The van der Waals surface area contributed by atoms with Gasteiger partial charge in [-0.1, -0.05) is 11.9 Å². The van der Waals surface area contributed by atoms with E-state index in [1.807, 2.05) is 6.07 Å². The minimum absolute atomic E-state index is 0. The Morgan fingerprint density at radius 2 is 2.00 bits per heavy atom. The Balaban J connectivity index is 0.00000121. The zero-order chi connectivity index (χ0) is 12.8. The molecular formula is C15H20FeN3O-. The second-order valence-electron chi connectivity index (χ2n) is 6.08. The minimum Gasteiger partial charge on any atom is -0.482 e. The van der Waals surface area contributed by atoms with Crippen LogP contribution in [0.15, 0.2) is 12.1 Å². The predicted octanol–water partition coefficient (Wildman–Crippen LogP) is 3.26. The van der Waals surface area contributed by atoms with E-state index in [4.69, 9.17) is 10.5 Å². The van der Waals surface area contributed by atoms with Gasteiger partial charge in [-0.05, 0) is 49.1 Å². The number of nitrogens with zero attached hydrogens (tertiary/aromatic N) is 2. The molecular weight excluding hydrogens is 294 g/mol. The van der Waals surface area contributed by atoms with E-state index in [-0.39, 0.29) is 17.1 Å². The maximum Gasteiger partial charge on any atom is 0.0471 e. The molecule has 1 N–H and O–H groups in total. The maximum absolute atomic E-state index is 7.97. The molecule has 110 valence electrons. The van der Waals surface area contributed by atoms with Crippen molar-refractivity contribution in [3.8, 4) is 0 Å². The molecule has 0 bridgehead atoms. The molecule has 20 heavy (non-hydrogen) atoms. The maximum atomic E-state index is 7.97. The van der Waals surface area contributed by atoms with Crippen LogP contribution in [0.4, 0.5) is 11.6 Å². The predicted molar refractivity (Wildman–Crippen MR) is 74.9 cm³/mol. The molecule has 3 aliphatic rings. The topological polar surface area (TPSA) is 49.2 Å². The van der Waals surface area contributed by atoms with Gasteiger partial charge in [0.15, 0.2) is 0 Å². The number of anilines is 1. The number of aromatic nitrogens is 1. The average molecular weight is 314 g/mol. The Kier molecular flexibility index (Phi) is 3.93. The Morgan fingerprint density at radius 1 is 1.20 bits per heavy atom. The monoisotopic (exact) mass is 314 g/mol. The van der Waals surface area contributed by atoms with Crippen LogP contribution in [0.3, 0.4) is 0 Å². The van der Waals surface area contributed by atoms with Crippen molar-refractivity contribution in [3.63, 3.8) is 0 Å². The van der Waals surface area contributed by atoms with Gasteiger partial charge >= 0.3 is 0 Å². The van der Waals surface area contributed by atoms with Gasteiger partial charge in [-0.2, -0.15) is 0 Å². The first-order valence-corrected chi connectivity index (χ1v) is 7.39. The largest absolute Gasteiger partial charge is 0.482 e. The van der Waals surface area contributed by atoms with Crippen molar-refractivity contribution in [1.29, 1.82) is 0 Å². The molecule has 4 rings (SSSR count). The first-order valence-electron chi connectivity index (χ1n) is 7.39. The number of piperidine rings is 1. The van der Waals surface area contributed by atoms with E-state index in [0.717, 1.165) is 50.4 Å². The summed E-state index contributed by atoms with van der Waals surface area (Å²) in [6, 6.07) is 4.89. The van der Waals surface area contributed by atoms with Gasteiger partial charge in [-0.25, -0.2) is 0 Å². The van der Waals surface area contributed by atoms with Crippen LogP contribution in [-0.4, -0.2) is 30.8 Å². The smallest absolute Gasteiger partial charge is 0.0471 e. The molecule has 2 saturated heterocycles. The molecule has 1 aliphatic carbocycles. The summed E-state index contributed by atoms with van der Waals surface area (Å²) in [5.41, 5.74) is 9.26. The number of rotatable bonds is 2. The third kappa shape index (κ3) is 2.54. The fraction of sp³-hybridized carbons (Fsp3) is 0.667. The molecule has 2 aliphatic heterocycles. The van der Waals surface area contributed by atoms with Crippen molar-refractivity contribution >= 4 is 11.6 Å². The van der Waals surface area contributed by atoms with Crippen LogP contribution in [0.2, 0.25) is 0 Å². The van der Waals surface area contributed by atoms with E-state index >= 15 is 0 Å². The third-order valence-corrected chi connectivity index (χ3v) is 4.85. The molecule has 1 aromatic heterocycles. The first-order chi connectivity index (χ1) is 9.31. The van der Waals surface area contributed by atoms with Crippen LogP contribution >= 0.6 is 0 Å². The van der Waals surface area contributed by atoms with Crippen molar-refractivity contribution < 1.29 is 21.8 Å². The summed E-state index contributed by atoms with van der Waals surface area (Å²) in [5.74, 6) is 2.92. The van der Waals surface area contributed by atoms with Crippen LogP contribution in [0, 0.1) is 5.92 Å². The summed E-state index contributed by atoms with van der Waals surface area (Å²) in [4.78, 5) is 6.87. The van der Waals surface area contributed by atoms with Crippen molar-refractivity contribution in [2.24, 2.45) is 5.92 Å². The number of ether oxygens (including phenoxy) is 1. The fourth-order valence-corrected chi connectivity index (χ4v) is 3.63. The van der Waals surface area contributed by atoms with Crippen LogP contribution < -0.4 is 4.90 Å². The molecule has 4 nitrogen and oxygen atoms in total. The zero-order valence-corrected chi connectivity index (χ0v) is 12.6. The summed E-state index contributed by atoms with van der Waals surface area (Å²) in [7, 11) is 0. The minimum atomic E-state index is 0. The summed E-state index contributed by atoms with van der Waals surface area (Å²) in [6.45, 7) is 2.83. The second-order valence-corrected chi connectivity index (χ2v) is 6.08. The number of hydrogen-bond donors (Lipinski definition) is 0. The third-order valence-electron chi connectivity index (χ3n) is 4.85. The zero-order valence-electron chi connectivity index (χ0n) is 11.5. The molecule has 1 saturated carbocycles. The van der Waals surface area contributed by atoms with E-state index in [1.165, 1.54) is 18.4 Å². The van der Waals surface area contributed by atoms with Gasteiger partial charge in [0.2, 0.25) is 0 Å². The van der Waals surface area contributed by atoms with Gasteiger partial charge in [0.1, 0.15) is 0 Å². The normalized spacial score (nSPS) is 28.9. The van der Waals surface area contributed by atoms with Crippen molar-refractivity contribution in [1.82, 2.24) is 4.98 Å². The van der Waals surface area contributed by atoms with Gasteiger partial charge in [0.25, 0.3) is 0 Å². The van der Waals surface area contributed by atoms with E-state index in [2.05, 4.69) is 16.0 Å². The first kappa shape index (κ1) is 14.2. The number of fused-ring (bicyclic) bond motifs is 1. The molecule has 0 spiro atoms. The van der Waals surface area contributed by atoms with Crippen molar-refractivity contribution in [2.45, 2.75) is 37.6 Å². The Bertz CT molecular complexity index is 490. The fourth-order valence-electron chi connectivity index (χ4n) is 3.63. The standard InChI is InChI=1S/C15H20N3O.Fe/c16-14-8-12(10-2-5-19-6-3-10)9-15(17-14)18-4-1-11-7-13(11)18;/h8-11,13H,1-7H2,(H-,16,17);/q-1;. The van der Waals surface area contributed by atoms with Crippen LogP contribution in [0.1, 0.15) is 37.2 Å². The van der Waals surface area contributed by atoms with Gasteiger partial charge in [0, 0.05) is 48.7 Å². The Labute approximate surface area is 130 Å². The van der Waals surface area contributed by atoms with E-state index in [0.29, 0.717) is 11.7 Å². The van der Waals surface area contributed by atoms with Crippen molar-refractivity contribution in [2.75, 3.05) is 24.7 Å². The summed E-state index contributed by atoms with van der Waals surface area (Å²) in [5, 5.41) is 0. The molecule has 0 radical (unpaired) electrons. The molecule has 1 aromatic rings. The summed E-state index contributed by atoms with van der Waals surface area (Å²) < 4.78 is 5.43. The van der Waals surface area contributed by atoms with Gasteiger partial charge in [-0.3, -0.25) is 0 Å². The Morgan fingerprint density at radius 3 is 2.65 bits per heavy atom. The quantitative estimate of drug-likeness (QED) is 0.787. The SMILES string of the molecule is [Fe].[NH-]c1cc(C2CCOCC2)cc(N2CCC3CC32)n1. The number of pyridine rings is 1. The van der Waals surface area contributed by atoms with E-state index in [9.17, 15) is 0 Å². The molecule has 2 unspecified atom stereocenters. The molecule has 2 atom stereocenters. The van der Waals surface area contributed by atoms with Crippen LogP contribution in [0.25, 0.3) is 5.73 Å². The van der Waals surface area contributed by atoms with Crippen LogP contribution in [-0.2, 0) is 21.8 Å². The molecule has 3 fully saturated rings. The van der Waals surface area contributed by atoms with Crippen LogP contribution in [0.5, 0.6) is 0 Å². The molecule has 0 amide bonds. The molecule has 3 heterocycles. The molecule has 0 aromatic carbocycles. The van der Waals surface area contributed by atoms with Gasteiger partial charge in [0.05, 0.1) is 0 Å². The summed E-state index contributed by atoms with van der Waals surface area (Å²) in [6.07, 6.45) is 4.79. The Hall–Kier alpha value is -0.771.